The molecule has 4 aromatic rings. The van der Waals surface area contributed by atoms with Crippen molar-refractivity contribution in [2.45, 2.75) is 13.0 Å². The van der Waals surface area contributed by atoms with Crippen molar-refractivity contribution >= 4 is 32.6 Å². The van der Waals surface area contributed by atoms with Gasteiger partial charge >= 0.3 is 0 Å². The molecular weight excluding hydrogens is 397 g/mol. The minimum atomic E-state index is -0.500. The lowest BCUT2D eigenvalue weighted by atomic mass is 10.1. The second kappa shape index (κ2) is 6.78. The minimum Gasteiger partial charge on any atom is -0.486 e. The lowest BCUT2D eigenvalue weighted by molar-refractivity contribution is 0.0471. The van der Waals surface area contributed by atoms with Gasteiger partial charge in [-0.15, -0.1) is 11.3 Å². The molecule has 7 nitrogen and oxygen atoms in total. The number of fused-ring (bicyclic) bond motifs is 4. The van der Waals surface area contributed by atoms with Crippen molar-refractivity contribution in [1.82, 2.24) is 15.0 Å². The van der Waals surface area contributed by atoms with Crippen LogP contribution in [0.3, 0.4) is 0 Å². The average molecular weight is 413 g/mol. The van der Waals surface area contributed by atoms with Crippen molar-refractivity contribution < 1.29 is 23.7 Å². The van der Waals surface area contributed by atoms with Crippen LogP contribution >= 0.6 is 11.3 Å². The largest absolute Gasteiger partial charge is 0.486 e. The van der Waals surface area contributed by atoms with E-state index < -0.39 is 11.9 Å². The Balaban J connectivity index is 1.73. The predicted octanol–water partition coefficient (Wildman–Crippen LogP) is 3.49. The summed E-state index contributed by atoms with van der Waals surface area (Å²) in [4.78, 5) is 13.4. The number of methoxy groups -OCH3 is 1. The number of halogens is 1. The molecule has 0 fully saturated rings. The van der Waals surface area contributed by atoms with Crippen molar-refractivity contribution in [2.75, 3.05) is 20.3 Å². The number of thiazole rings is 1. The van der Waals surface area contributed by atoms with Crippen LogP contribution in [0.15, 0.2) is 24.4 Å². The number of hydrogen-bond acceptors (Lipinski definition) is 8. The molecule has 3 heterocycles. The van der Waals surface area contributed by atoms with E-state index in [2.05, 4.69) is 15.0 Å². The molecular formula is C20H16FN3O4S. The molecule has 1 aliphatic rings. The minimum absolute atomic E-state index is 0.167. The van der Waals surface area contributed by atoms with Gasteiger partial charge in [-0.25, -0.2) is 19.3 Å². The van der Waals surface area contributed by atoms with Crippen LogP contribution in [0.2, 0.25) is 0 Å². The molecule has 5 rings (SSSR count). The fourth-order valence-corrected chi connectivity index (χ4v) is 4.39. The van der Waals surface area contributed by atoms with E-state index in [-0.39, 0.29) is 18.7 Å². The molecule has 1 N–H and O–H groups in total. The Morgan fingerprint density at radius 3 is 2.93 bits per heavy atom. The number of nitrogens with zero attached hydrogens (tertiary/aromatic N) is 3. The highest BCUT2D eigenvalue weighted by Gasteiger charge is 2.27. The fourth-order valence-electron chi connectivity index (χ4n) is 3.31. The first-order valence-electron chi connectivity index (χ1n) is 8.92. The van der Waals surface area contributed by atoms with Crippen molar-refractivity contribution in [3.05, 3.63) is 35.8 Å². The normalized spacial score (nSPS) is 15.8. The second-order valence-corrected chi connectivity index (χ2v) is 7.71. The number of rotatable bonds is 3. The number of aliphatic hydroxyl groups is 1. The van der Waals surface area contributed by atoms with Crippen molar-refractivity contribution in [3.63, 3.8) is 0 Å². The van der Waals surface area contributed by atoms with E-state index in [0.717, 1.165) is 11.1 Å². The van der Waals surface area contributed by atoms with Gasteiger partial charge in [-0.05, 0) is 24.6 Å². The van der Waals surface area contributed by atoms with E-state index in [4.69, 9.17) is 14.2 Å². The Morgan fingerprint density at radius 1 is 1.28 bits per heavy atom. The quantitative estimate of drug-likeness (QED) is 0.550. The lowest BCUT2D eigenvalue weighted by Crippen LogP contribution is -2.32. The van der Waals surface area contributed by atoms with E-state index in [9.17, 15) is 9.50 Å². The number of aryl methyl sites for hydroxylation is 1. The van der Waals surface area contributed by atoms with Gasteiger partial charge in [-0.1, -0.05) is 0 Å². The zero-order chi connectivity index (χ0) is 20.1. The summed E-state index contributed by atoms with van der Waals surface area (Å²) in [5, 5.41) is 9.99. The molecule has 0 spiro atoms. The van der Waals surface area contributed by atoms with Crippen LogP contribution in [-0.4, -0.2) is 46.5 Å². The summed E-state index contributed by atoms with van der Waals surface area (Å²) in [5.74, 6) is 0.643. The first-order chi connectivity index (χ1) is 14.1. The maximum atomic E-state index is 14.7. The molecule has 0 saturated carbocycles. The molecule has 0 aliphatic carbocycles. The monoisotopic (exact) mass is 413 g/mol. The first-order valence-corrected chi connectivity index (χ1v) is 9.74. The van der Waals surface area contributed by atoms with E-state index in [0.29, 0.717) is 38.1 Å². The van der Waals surface area contributed by atoms with Crippen LogP contribution in [0.25, 0.3) is 31.8 Å². The number of aliphatic hydroxyl groups excluding tert-OH is 1. The third-order valence-electron chi connectivity index (χ3n) is 4.66. The van der Waals surface area contributed by atoms with Crippen LogP contribution in [0.5, 0.6) is 17.4 Å². The third-order valence-corrected chi connectivity index (χ3v) is 5.75. The van der Waals surface area contributed by atoms with Gasteiger partial charge < -0.3 is 19.3 Å². The first kappa shape index (κ1) is 18.0. The van der Waals surface area contributed by atoms with Gasteiger partial charge in [0.2, 0.25) is 5.88 Å². The number of benzene rings is 2. The maximum absolute atomic E-state index is 14.7. The van der Waals surface area contributed by atoms with E-state index in [1.807, 2.05) is 19.1 Å². The highest BCUT2D eigenvalue weighted by Crippen LogP contribution is 2.45. The maximum Gasteiger partial charge on any atom is 0.232 e. The van der Waals surface area contributed by atoms with E-state index in [1.54, 1.807) is 6.20 Å². The summed E-state index contributed by atoms with van der Waals surface area (Å²) in [5.41, 5.74) is 3.23. The molecule has 2 aromatic heterocycles. The molecule has 29 heavy (non-hydrogen) atoms. The number of hydrogen-bond donors (Lipinski definition) is 1. The van der Waals surface area contributed by atoms with Gasteiger partial charge in [0.1, 0.15) is 21.8 Å². The summed E-state index contributed by atoms with van der Waals surface area (Å²) in [7, 11) is 1.54. The van der Waals surface area contributed by atoms with Crippen LogP contribution in [0, 0.1) is 12.7 Å². The Morgan fingerprint density at radius 2 is 2.14 bits per heavy atom. The summed E-state index contributed by atoms with van der Waals surface area (Å²) < 4.78 is 31.8. The van der Waals surface area contributed by atoms with Gasteiger partial charge in [0.25, 0.3) is 0 Å². The molecule has 1 unspecified atom stereocenters. The molecule has 9 heteroatoms. The van der Waals surface area contributed by atoms with Gasteiger partial charge in [0.15, 0.2) is 23.4 Å². The number of ether oxygens (including phenoxy) is 3. The molecule has 0 bridgehead atoms. The summed E-state index contributed by atoms with van der Waals surface area (Å²) in [6.07, 6.45) is 1.04. The number of aromatic nitrogens is 3. The Hall–Kier alpha value is -3.04. The van der Waals surface area contributed by atoms with Crippen LogP contribution in [0.1, 0.15) is 5.56 Å². The van der Waals surface area contributed by atoms with Gasteiger partial charge in [-0.3, -0.25) is 0 Å². The third kappa shape index (κ3) is 2.93. The highest BCUT2D eigenvalue weighted by atomic mass is 32.1. The van der Waals surface area contributed by atoms with E-state index >= 15 is 0 Å². The Kier molecular flexibility index (Phi) is 4.21. The smallest absolute Gasteiger partial charge is 0.232 e. The predicted molar refractivity (Wildman–Crippen MR) is 106 cm³/mol. The molecule has 0 amide bonds. The molecule has 1 aliphatic heterocycles. The van der Waals surface area contributed by atoms with Crippen molar-refractivity contribution in [2.24, 2.45) is 0 Å². The van der Waals surface area contributed by atoms with Crippen molar-refractivity contribution in [1.29, 1.82) is 0 Å². The molecule has 148 valence electrons. The zero-order valence-electron chi connectivity index (χ0n) is 15.6. The summed E-state index contributed by atoms with van der Waals surface area (Å²) in [6.45, 7) is 1.92. The Bertz CT molecular complexity index is 1260. The van der Waals surface area contributed by atoms with E-state index in [1.165, 1.54) is 24.5 Å². The SMILES string of the molecule is COc1cnc2c(-c3nc4c(F)cc5c(c4s3)OC(CO)CO5)cc(C)cc2n1. The second-order valence-electron chi connectivity index (χ2n) is 6.71. The van der Waals surface area contributed by atoms with Crippen LogP contribution in [0.4, 0.5) is 4.39 Å². The van der Waals surface area contributed by atoms with Crippen LogP contribution < -0.4 is 14.2 Å². The highest BCUT2D eigenvalue weighted by molar-refractivity contribution is 7.22. The molecule has 0 saturated heterocycles. The topological polar surface area (TPSA) is 86.6 Å². The summed E-state index contributed by atoms with van der Waals surface area (Å²) in [6, 6.07) is 5.13. The lowest BCUT2D eigenvalue weighted by Gasteiger charge is -2.25. The van der Waals surface area contributed by atoms with Crippen LogP contribution in [-0.2, 0) is 0 Å². The van der Waals surface area contributed by atoms with Gasteiger partial charge in [-0.2, -0.15) is 0 Å². The van der Waals surface area contributed by atoms with Gasteiger partial charge in [0, 0.05) is 11.6 Å². The van der Waals surface area contributed by atoms with Gasteiger partial charge in [0.05, 0.1) is 30.9 Å². The molecule has 1 atom stereocenters. The average Bonchev–Trinajstić information content (AvgIpc) is 3.19. The standard InChI is InChI=1S/C20H16FN3O4S/c1-9-3-11(16-13(4-9)23-15(26-2)6-22-16)20-24-17-12(21)5-14-18(19(17)29-20)28-10(7-25)8-27-14/h3-6,10,25H,7-8H2,1-2H3. The molecule has 0 radical (unpaired) electrons. The zero-order valence-corrected chi connectivity index (χ0v) is 16.4. The Labute approximate surface area is 168 Å². The molecule has 2 aromatic carbocycles. The fraction of sp³-hybridized carbons (Fsp3) is 0.250. The summed E-state index contributed by atoms with van der Waals surface area (Å²) >= 11 is 1.29. The van der Waals surface area contributed by atoms with Crippen molar-refractivity contribution in [3.8, 4) is 28.0 Å².